The first kappa shape index (κ1) is 18.0. The third-order valence-corrected chi connectivity index (χ3v) is 4.90. The molecule has 9 heteroatoms. The van der Waals surface area contributed by atoms with Crippen LogP contribution < -0.4 is 4.83 Å². The molecule has 0 unspecified atom stereocenters. The van der Waals surface area contributed by atoms with Crippen LogP contribution in [0.4, 0.5) is 4.39 Å². The predicted octanol–water partition coefficient (Wildman–Crippen LogP) is 4.32. The fraction of sp³-hybridized carbons (Fsp3) is 0.0714. The predicted molar refractivity (Wildman–Crippen MR) is 90.3 cm³/mol. The largest absolute Gasteiger partial charge is 0.276 e. The van der Waals surface area contributed by atoms with Crippen molar-refractivity contribution in [2.24, 2.45) is 5.10 Å². The molecule has 0 heterocycles. The molecule has 0 aliphatic rings. The van der Waals surface area contributed by atoms with Crippen LogP contribution in [0.2, 0.25) is 10.0 Å². The molecule has 0 atom stereocenters. The molecule has 0 aliphatic heterocycles. The molecule has 2 rings (SSSR count). The van der Waals surface area contributed by atoms with E-state index in [0.717, 1.165) is 17.7 Å². The number of nitrogens with zero attached hydrogens (tertiary/aromatic N) is 1. The molecule has 0 saturated heterocycles. The lowest BCUT2D eigenvalue weighted by Gasteiger charge is -2.07. The molecule has 2 aromatic rings. The summed E-state index contributed by atoms with van der Waals surface area (Å²) in [7, 11) is -3.90. The Bertz CT molecular complexity index is 845. The molecule has 1 N–H and O–H groups in total. The summed E-state index contributed by atoms with van der Waals surface area (Å²) in [6.45, 7) is 1.83. The second-order valence-corrected chi connectivity index (χ2v) is 7.39. The van der Waals surface area contributed by atoms with Crippen molar-refractivity contribution in [3.63, 3.8) is 0 Å². The van der Waals surface area contributed by atoms with Crippen LogP contribution in [0.15, 0.2) is 46.4 Å². The van der Waals surface area contributed by atoms with Crippen molar-refractivity contribution >= 4 is 50.0 Å². The molecule has 4 nitrogen and oxygen atoms in total. The minimum atomic E-state index is -3.90. The highest BCUT2D eigenvalue weighted by molar-refractivity contribution is 7.89. The van der Waals surface area contributed by atoms with Crippen molar-refractivity contribution in [2.75, 3.05) is 0 Å². The van der Waals surface area contributed by atoms with Gasteiger partial charge in [0.1, 0.15) is 5.82 Å². The number of sulfonamides is 1. The summed E-state index contributed by atoms with van der Waals surface area (Å²) in [5.74, 6) is -0.645. The lowest BCUT2D eigenvalue weighted by atomic mass is 10.2. The first-order chi connectivity index (χ1) is 10.7. The van der Waals surface area contributed by atoms with Crippen molar-refractivity contribution in [1.82, 2.24) is 4.83 Å². The van der Waals surface area contributed by atoms with E-state index in [-0.39, 0.29) is 25.7 Å². The number of hydrogen-bond donors (Lipinski definition) is 1. The standard InChI is InChI=1S/C14H10Cl3FN2O2S/c1-8-2-4-10(5-3-8)23(21,22)20-19-14(17)13-11(15)6-9(18)7-12(13)16/h2-7,20H,1H3/b19-14-. The molecule has 0 aromatic heterocycles. The zero-order valence-electron chi connectivity index (χ0n) is 11.6. The molecular formula is C14H10Cl3FN2O2S. The van der Waals surface area contributed by atoms with E-state index in [1.165, 1.54) is 12.1 Å². The van der Waals surface area contributed by atoms with Gasteiger partial charge < -0.3 is 0 Å². The monoisotopic (exact) mass is 394 g/mol. The summed E-state index contributed by atoms with van der Waals surface area (Å²) >= 11 is 17.6. The molecule has 0 radical (unpaired) electrons. The van der Waals surface area contributed by atoms with Crippen LogP contribution in [0, 0.1) is 12.7 Å². The summed E-state index contributed by atoms with van der Waals surface area (Å²) in [4.78, 5) is 2.00. The Labute approximate surface area is 147 Å². The van der Waals surface area contributed by atoms with Crippen molar-refractivity contribution < 1.29 is 12.8 Å². The number of halogens is 4. The van der Waals surface area contributed by atoms with E-state index in [0.29, 0.717) is 0 Å². The Morgan fingerprint density at radius 3 is 2.17 bits per heavy atom. The molecule has 0 fully saturated rings. The van der Waals surface area contributed by atoms with Crippen molar-refractivity contribution in [3.05, 3.63) is 63.4 Å². The normalized spacial score (nSPS) is 12.3. The van der Waals surface area contributed by atoms with Crippen LogP contribution >= 0.6 is 34.8 Å². The van der Waals surface area contributed by atoms with Gasteiger partial charge in [-0.3, -0.25) is 0 Å². The maximum Gasteiger partial charge on any atom is 0.276 e. The summed E-state index contributed by atoms with van der Waals surface area (Å²) in [6.07, 6.45) is 0. The topological polar surface area (TPSA) is 58.5 Å². The quantitative estimate of drug-likeness (QED) is 0.619. The van der Waals surface area contributed by atoms with Crippen LogP contribution in [0.1, 0.15) is 11.1 Å². The van der Waals surface area contributed by atoms with E-state index in [1.54, 1.807) is 12.1 Å². The number of hydrogen-bond acceptors (Lipinski definition) is 3. The fourth-order valence-corrected chi connectivity index (χ4v) is 3.51. The smallest absolute Gasteiger partial charge is 0.207 e. The Balaban J connectivity index is 2.31. The summed E-state index contributed by atoms with van der Waals surface area (Å²) in [5, 5.41) is 3.09. The average Bonchev–Trinajstić information content (AvgIpc) is 2.44. The Morgan fingerprint density at radius 1 is 1.13 bits per heavy atom. The lowest BCUT2D eigenvalue weighted by Crippen LogP contribution is -2.19. The van der Waals surface area contributed by atoms with Crippen LogP contribution in [0.25, 0.3) is 0 Å². The molecule has 23 heavy (non-hydrogen) atoms. The first-order valence-electron chi connectivity index (χ1n) is 6.17. The average molecular weight is 396 g/mol. The van der Waals surface area contributed by atoms with Crippen LogP contribution in [0.5, 0.6) is 0 Å². The minimum Gasteiger partial charge on any atom is -0.207 e. The second-order valence-electron chi connectivity index (χ2n) is 4.55. The van der Waals surface area contributed by atoms with Gasteiger partial charge in [-0.1, -0.05) is 52.5 Å². The molecular weight excluding hydrogens is 386 g/mol. The number of rotatable bonds is 4. The van der Waals surface area contributed by atoms with Gasteiger partial charge in [0.15, 0.2) is 5.17 Å². The third kappa shape index (κ3) is 4.35. The molecule has 0 amide bonds. The minimum absolute atomic E-state index is 0.0209. The van der Waals surface area contributed by atoms with E-state index < -0.39 is 15.8 Å². The zero-order chi connectivity index (χ0) is 17.2. The Kier molecular flexibility index (Phi) is 5.52. The van der Waals surface area contributed by atoms with E-state index in [1.807, 2.05) is 11.8 Å². The summed E-state index contributed by atoms with van der Waals surface area (Å²) in [5.41, 5.74) is 0.943. The van der Waals surface area contributed by atoms with Crippen molar-refractivity contribution in [2.45, 2.75) is 11.8 Å². The van der Waals surface area contributed by atoms with Gasteiger partial charge >= 0.3 is 0 Å². The van der Waals surface area contributed by atoms with Crippen LogP contribution in [0.3, 0.4) is 0 Å². The Hall–Kier alpha value is -1.34. The van der Waals surface area contributed by atoms with Crippen LogP contribution in [-0.4, -0.2) is 13.6 Å². The SMILES string of the molecule is Cc1ccc(S(=O)(=O)N/N=C(\Cl)c2c(Cl)cc(F)cc2Cl)cc1. The molecule has 0 saturated carbocycles. The van der Waals surface area contributed by atoms with Gasteiger partial charge in [0.2, 0.25) is 0 Å². The zero-order valence-corrected chi connectivity index (χ0v) is 14.7. The second kappa shape index (κ2) is 7.05. The highest BCUT2D eigenvalue weighted by Gasteiger charge is 2.16. The van der Waals surface area contributed by atoms with Gasteiger partial charge in [-0.2, -0.15) is 18.4 Å². The summed E-state index contributed by atoms with van der Waals surface area (Å²) < 4.78 is 37.3. The van der Waals surface area contributed by atoms with Crippen molar-refractivity contribution in [1.29, 1.82) is 0 Å². The van der Waals surface area contributed by atoms with Gasteiger partial charge in [0, 0.05) is 0 Å². The van der Waals surface area contributed by atoms with Crippen LogP contribution in [-0.2, 0) is 10.0 Å². The molecule has 122 valence electrons. The lowest BCUT2D eigenvalue weighted by molar-refractivity contribution is 0.584. The third-order valence-electron chi connectivity index (χ3n) is 2.81. The number of aryl methyl sites for hydroxylation is 1. The van der Waals surface area contributed by atoms with Gasteiger partial charge in [0.25, 0.3) is 10.0 Å². The van der Waals surface area contributed by atoms with E-state index in [9.17, 15) is 12.8 Å². The van der Waals surface area contributed by atoms with E-state index in [2.05, 4.69) is 5.10 Å². The molecule has 0 bridgehead atoms. The molecule has 2 aromatic carbocycles. The molecule has 0 aliphatic carbocycles. The van der Waals surface area contributed by atoms with Gasteiger partial charge in [-0.25, -0.2) is 4.39 Å². The number of hydrazone groups is 1. The van der Waals surface area contributed by atoms with E-state index in [4.69, 9.17) is 34.8 Å². The van der Waals surface area contributed by atoms with Gasteiger partial charge in [0.05, 0.1) is 20.5 Å². The number of benzene rings is 2. The maximum atomic E-state index is 13.1. The van der Waals surface area contributed by atoms with Gasteiger partial charge in [-0.15, -0.1) is 0 Å². The highest BCUT2D eigenvalue weighted by Crippen LogP contribution is 2.28. The van der Waals surface area contributed by atoms with Crippen molar-refractivity contribution in [3.8, 4) is 0 Å². The van der Waals surface area contributed by atoms with E-state index >= 15 is 0 Å². The van der Waals surface area contributed by atoms with Gasteiger partial charge in [-0.05, 0) is 31.2 Å². The molecule has 0 spiro atoms. The maximum absolute atomic E-state index is 13.1. The summed E-state index contributed by atoms with van der Waals surface area (Å²) in [6, 6.07) is 8.14. The highest BCUT2D eigenvalue weighted by atomic mass is 35.5. The fourth-order valence-electron chi connectivity index (χ4n) is 1.67. The first-order valence-corrected chi connectivity index (χ1v) is 8.79. The number of nitrogens with one attached hydrogen (secondary N) is 1. The Morgan fingerprint density at radius 2 is 1.65 bits per heavy atom.